The quantitative estimate of drug-likeness (QED) is 0.309. The molecule has 2 unspecified atom stereocenters. The molecule has 0 aromatic heterocycles. The smallest absolute Gasteiger partial charge is 0.320 e. The first-order chi connectivity index (χ1) is 10.3. The number of amides is 2. The number of nitrogens with two attached hydrogens (primary N) is 1. The normalized spacial score (nSPS) is 13.0. The molecular formula is C12H21N3O6S. The van der Waals surface area contributed by atoms with Crippen molar-refractivity contribution in [2.75, 3.05) is 18.6 Å². The highest BCUT2D eigenvalue weighted by Gasteiger charge is 2.21. The number of hydrogen-bond acceptors (Lipinski definition) is 6. The third-order valence-corrected chi connectivity index (χ3v) is 3.29. The summed E-state index contributed by atoms with van der Waals surface area (Å²) < 4.78 is 0. The zero-order valence-corrected chi connectivity index (χ0v) is 13.0. The van der Waals surface area contributed by atoms with Crippen molar-refractivity contribution in [2.24, 2.45) is 5.73 Å². The molecule has 0 aromatic carbocycles. The summed E-state index contributed by atoms with van der Waals surface area (Å²) in [6, 6.07) is -1.94. The van der Waals surface area contributed by atoms with Crippen LogP contribution in [0.5, 0.6) is 0 Å². The summed E-state index contributed by atoms with van der Waals surface area (Å²) >= 11 is 1.34. The van der Waals surface area contributed by atoms with Gasteiger partial charge in [-0.15, -0.1) is 0 Å². The summed E-state index contributed by atoms with van der Waals surface area (Å²) in [6.45, 7) is -0.0290. The summed E-state index contributed by atoms with van der Waals surface area (Å²) in [7, 11) is 0. The van der Waals surface area contributed by atoms with Crippen molar-refractivity contribution in [2.45, 2.75) is 31.3 Å². The van der Waals surface area contributed by atoms with Gasteiger partial charge >= 0.3 is 11.9 Å². The maximum Gasteiger partial charge on any atom is 0.320 e. The van der Waals surface area contributed by atoms with Crippen molar-refractivity contribution in [3.05, 3.63) is 0 Å². The zero-order valence-electron chi connectivity index (χ0n) is 12.2. The maximum atomic E-state index is 11.8. The minimum atomic E-state index is -1.19. The van der Waals surface area contributed by atoms with Gasteiger partial charge in [-0.3, -0.25) is 19.2 Å². The Bertz CT molecular complexity index is 418. The van der Waals surface area contributed by atoms with Crippen LogP contribution < -0.4 is 16.4 Å². The molecule has 10 heteroatoms. The Morgan fingerprint density at radius 2 is 1.82 bits per heavy atom. The van der Waals surface area contributed by atoms with Gasteiger partial charge in [-0.05, 0) is 12.7 Å². The molecule has 126 valence electrons. The van der Waals surface area contributed by atoms with Gasteiger partial charge in [0.2, 0.25) is 11.8 Å². The van der Waals surface area contributed by atoms with Crippen LogP contribution in [0, 0.1) is 0 Å². The lowest BCUT2D eigenvalue weighted by Crippen LogP contribution is -2.49. The van der Waals surface area contributed by atoms with Crippen LogP contribution in [0.15, 0.2) is 0 Å². The maximum absolute atomic E-state index is 11.8. The number of rotatable bonds is 11. The van der Waals surface area contributed by atoms with Crippen LogP contribution >= 0.6 is 11.8 Å². The molecule has 0 saturated heterocycles. The van der Waals surface area contributed by atoms with E-state index in [0.29, 0.717) is 5.75 Å². The summed E-state index contributed by atoms with van der Waals surface area (Å²) in [5, 5.41) is 22.0. The summed E-state index contributed by atoms with van der Waals surface area (Å²) in [5.74, 6) is -2.88. The van der Waals surface area contributed by atoms with Crippen LogP contribution in [-0.2, 0) is 19.2 Å². The molecule has 2 amide bonds. The molecule has 22 heavy (non-hydrogen) atoms. The second-order valence-electron chi connectivity index (χ2n) is 4.49. The summed E-state index contributed by atoms with van der Waals surface area (Å²) in [5.41, 5.74) is 5.29. The molecule has 0 aliphatic carbocycles. The number of carboxylic acid groups (broad SMARTS) is 2. The Morgan fingerprint density at radius 1 is 1.18 bits per heavy atom. The van der Waals surface area contributed by atoms with Crippen LogP contribution in [0.4, 0.5) is 0 Å². The highest BCUT2D eigenvalue weighted by atomic mass is 32.2. The van der Waals surface area contributed by atoms with E-state index in [1.807, 2.05) is 0 Å². The third kappa shape index (κ3) is 9.19. The van der Waals surface area contributed by atoms with Crippen molar-refractivity contribution in [3.8, 4) is 0 Å². The number of carbonyl (C=O) groups is 4. The minimum absolute atomic E-state index is 0.0290. The van der Waals surface area contributed by atoms with Crippen LogP contribution in [0.3, 0.4) is 0 Å². The van der Waals surface area contributed by atoms with E-state index in [-0.39, 0.29) is 25.8 Å². The Kier molecular flexibility index (Phi) is 9.96. The standard InChI is InChI=1S/C12H21N3O6S/c1-22-6-8(11(19)14-5-4-10(17)18)15-9(16)3-2-7(13)12(20)21/h7-8H,2-6,13H2,1H3,(H,14,19)(H,15,16)(H,17,18)(H,20,21). The van der Waals surface area contributed by atoms with Gasteiger partial charge < -0.3 is 26.6 Å². The molecule has 0 heterocycles. The van der Waals surface area contributed by atoms with E-state index in [9.17, 15) is 19.2 Å². The second kappa shape index (κ2) is 10.9. The highest BCUT2D eigenvalue weighted by molar-refractivity contribution is 7.98. The molecule has 2 atom stereocenters. The molecule has 0 fully saturated rings. The SMILES string of the molecule is CSCC(NC(=O)CCC(N)C(=O)O)C(=O)NCCC(=O)O. The average molecular weight is 335 g/mol. The van der Waals surface area contributed by atoms with Gasteiger partial charge in [0.1, 0.15) is 12.1 Å². The fourth-order valence-electron chi connectivity index (χ4n) is 1.44. The van der Waals surface area contributed by atoms with E-state index in [1.165, 1.54) is 11.8 Å². The van der Waals surface area contributed by atoms with Gasteiger partial charge in [-0.2, -0.15) is 11.8 Å². The largest absolute Gasteiger partial charge is 0.481 e. The Hall–Kier alpha value is -1.81. The van der Waals surface area contributed by atoms with Gasteiger partial charge in [-0.1, -0.05) is 0 Å². The van der Waals surface area contributed by atoms with E-state index >= 15 is 0 Å². The van der Waals surface area contributed by atoms with Crippen LogP contribution in [0.25, 0.3) is 0 Å². The number of thioether (sulfide) groups is 1. The van der Waals surface area contributed by atoms with E-state index < -0.39 is 35.8 Å². The van der Waals surface area contributed by atoms with Crippen LogP contribution in [0.1, 0.15) is 19.3 Å². The molecule has 0 radical (unpaired) electrons. The number of carboxylic acids is 2. The lowest BCUT2D eigenvalue weighted by molar-refractivity contribution is -0.139. The monoisotopic (exact) mass is 335 g/mol. The minimum Gasteiger partial charge on any atom is -0.481 e. The fraction of sp³-hybridized carbons (Fsp3) is 0.667. The predicted octanol–water partition coefficient (Wildman–Crippen LogP) is -1.38. The van der Waals surface area contributed by atoms with E-state index in [1.54, 1.807) is 6.26 Å². The third-order valence-electron chi connectivity index (χ3n) is 2.62. The molecular weight excluding hydrogens is 314 g/mol. The van der Waals surface area contributed by atoms with Gasteiger partial charge in [0.05, 0.1) is 6.42 Å². The number of carbonyl (C=O) groups excluding carboxylic acids is 2. The van der Waals surface area contributed by atoms with Gasteiger partial charge in [0.15, 0.2) is 0 Å². The second-order valence-corrected chi connectivity index (χ2v) is 5.40. The van der Waals surface area contributed by atoms with E-state index in [4.69, 9.17) is 15.9 Å². The molecule has 6 N–H and O–H groups in total. The van der Waals surface area contributed by atoms with Crippen molar-refractivity contribution < 1.29 is 29.4 Å². The Labute approximate surface area is 132 Å². The Morgan fingerprint density at radius 3 is 2.32 bits per heavy atom. The first-order valence-corrected chi connectivity index (χ1v) is 7.93. The molecule has 0 bridgehead atoms. The molecule has 0 aromatic rings. The zero-order chi connectivity index (χ0) is 17.1. The van der Waals surface area contributed by atoms with Gasteiger partial charge in [-0.25, -0.2) is 0 Å². The summed E-state index contributed by atoms with van der Waals surface area (Å²) in [4.78, 5) is 44.5. The topological polar surface area (TPSA) is 159 Å². The molecule has 0 aliphatic rings. The first-order valence-electron chi connectivity index (χ1n) is 6.54. The number of hydrogen-bond donors (Lipinski definition) is 5. The highest BCUT2D eigenvalue weighted by Crippen LogP contribution is 2.01. The predicted molar refractivity (Wildman–Crippen MR) is 80.4 cm³/mol. The van der Waals surface area contributed by atoms with Gasteiger partial charge in [0.25, 0.3) is 0 Å². The van der Waals surface area contributed by atoms with Crippen molar-refractivity contribution in [1.82, 2.24) is 10.6 Å². The first kappa shape index (κ1) is 20.2. The van der Waals surface area contributed by atoms with E-state index in [0.717, 1.165) is 0 Å². The molecule has 0 saturated carbocycles. The van der Waals surface area contributed by atoms with Crippen LogP contribution in [0.2, 0.25) is 0 Å². The van der Waals surface area contributed by atoms with E-state index in [2.05, 4.69) is 10.6 Å². The molecule has 0 spiro atoms. The lowest BCUT2D eigenvalue weighted by atomic mass is 10.1. The molecule has 0 rings (SSSR count). The number of aliphatic carboxylic acids is 2. The van der Waals surface area contributed by atoms with Crippen molar-refractivity contribution in [3.63, 3.8) is 0 Å². The van der Waals surface area contributed by atoms with Crippen molar-refractivity contribution >= 4 is 35.5 Å². The summed E-state index contributed by atoms with van der Waals surface area (Å²) in [6.07, 6.45) is 1.40. The molecule has 0 aliphatic heterocycles. The number of nitrogens with one attached hydrogen (secondary N) is 2. The lowest BCUT2D eigenvalue weighted by Gasteiger charge is -2.17. The average Bonchev–Trinajstić information content (AvgIpc) is 2.43. The Balaban J connectivity index is 4.31. The fourth-order valence-corrected chi connectivity index (χ4v) is 2.01. The van der Waals surface area contributed by atoms with Crippen LogP contribution in [-0.4, -0.2) is 64.6 Å². The van der Waals surface area contributed by atoms with Crippen molar-refractivity contribution in [1.29, 1.82) is 0 Å². The molecule has 9 nitrogen and oxygen atoms in total. The van der Waals surface area contributed by atoms with Gasteiger partial charge in [0, 0.05) is 18.7 Å².